The summed E-state index contributed by atoms with van der Waals surface area (Å²) in [5.74, 6) is -0.199. The molecule has 2 aromatic rings. The van der Waals surface area contributed by atoms with Gasteiger partial charge in [0.2, 0.25) is 0 Å². The van der Waals surface area contributed by atoms with Crippen LogP contribution in [0.2, 0.25) is 5.02 Å². The Labute approximate surface area is 172 Å². The molecule has 0 aliphatic rings. The van der Waals surface area contributed by atoms with Gasteiger partial charge in [0, 0.05) is 11.1 Å². The van der Waals surface area contributed by atoms with Crippen LogP contribution in [0.25, 0.3) is 0 Å². The van der Waals surface area contributed by atoms with Crippen molar-refractivity contribution in [2.24, 2.45) is 5.16 Å². The monoisotopic (exact) mass is 452 g/mol. The number of hydrogen-bond donors (Lipinski definition) is 1. The molecule has 0 spiro atoms. The zero-order valence-electron chi connectivity index (χ0n) is 15.2. The van der Waals surface area contributed by atoms with Crippen molar-refractivity contribution in [3.63, 3.8) is 0 Å². The van der Waals surface area contributed by atoms with Gasteiger partial charge in [-0.3, -0.25) is 0 Å². The van der Waals surface area contributed by atoms with Crippen LogP contribution in [0.4, 0.5) is 26.7 Å². The van der Waals surface area contributed by atoms with Crippen molar-refractivity contribution >= 4 is 23.4 Å². The summed E-state index contributed by atoms with van der Waals surface area (Å²) < 4.78 is 70.1. The van der Waals surface area contributed by atoms with Gasteiger partial charge in [-0.15, -0.1) is 0 Å². The molecule has 0 atom stereocenters. The number of carbonyl (C=O) groups is 1. The molecular weight excluding hydrogens is 439 g/mol. The number of ether oxygens (including phenoxy) is 1. The number of carbonyl (C=O) groups excluding carboxylic acids is 1. The third-order valence-corrected chi connectivity index (χ3v) is 3.88. The third-order valence-electron chi connectivity index (χ3n) is 3.57. The zero-order valence-corrected chi connectivity index (χ0v) is 15.9. The fourth-order valence-electron chi connectivity index (χ4n) is 2.19. The fraction of sp³-hybridized carbons (Fsp3) is 0.222. The molecule has 0 radical (unpaired) electrons. The Balaban J connectivity index is 2.22. The number of nitrogens with one attached hydrogen (secondary N) is 1. The highest BCUT2D eigenvalue weighted by molar-refractivity contribution is 6.32. The largest absolute Gasteiger partial charge is 0.451 e. The van der Waals surface area contributed by atoms with E-state index in [2.05, 4.69) is 9.89 Å². The Kier molecular flexibility index (Phi) is 7.81. The summed E-state index contributed by atoms with van der Waals surface area (Å²) in [5, 5.41) is 3.26. The highest BCUT2D eigenvalue weighted by atomic mass is 35.5. The van der Waals surface area contributed by atoms with Crippen molar-refractivity contribution in [3.05, 3.63) is 64.2 Å². The smallest absolute Gasteiger partial charge is 0.440 e. The molecule has 2 rings (SSSR count). The second-order valence-electron chi connectivity index (χ2n) is 5.55. The van der Waals surface area contributed by atoms with Crippen LogP contribution in [-0.4, -0.2) is 25.3 Å². The number of nitrogens with zero attached hydrogens (tertiary/aromatic N) is 1. The Morgan fingerprint density at radius 1 is 1.20 bits per heavy atom. The molecule has 0 heterocycles. The topological polar surface area (TPSA) is 69.2 Å². The highest BCUT2D eigenvalue weighted by Crippen LogP contribution is 2.32. The maximum atomic E-state index is 13.4. The first-order valence-corrected chi connectivity index (χ1v) is 8.45. The molecule has 6 nitrogen and oxygen atoms in total. The summed E-state index contributed by atoms with van der Waals surface area (Å²) >= 11 is 5.87. The molecule has 0 aromatic heterocycles. The number of amides is 1. The van der Waals surface area contributed by atoms with Gasteiger partial charge in [-0.05, 0) is 18.2 Å². The highest BCUT2D eigenvalue weighted by Gasteiger charge is 2.33. The number of hydroxylamine groups is 1. The predicted molar refractivity (Wildman–Crippen MR) is 96.4 cm³/mol. The Morgan fingerprint density at radius 2 is 1.90 bits per heavy atom. The van der Waals surface area contributed by atoms with Crippen LogP contribution in [-0.2, 0) is 22.4 Å². The van der Waals surface area contributed by atoms with Gasteiger partial charge in [-0.25, -0.2) is 13.6 Å². The standard InChI is InChI=1S/C18H14ClF5N2O4/c1-28-17(27)26-30-14-8-10(6-7-13(14)19)15(16(20)21)25-29-9-11-4-2-3-5-12(11)18(22,23)24/h2-8,16H,9H2,1H3,(H,26,27). The third kappa shape index (κ3) is 6.21. The van der Waals surface area contributed by atoms with Gasteiger partial charge in [0.25, 0.3) is 6.43 Å². The normalized spacial score (nSPS) is 11.9. The van der Waals surface area contributed by atoms with Crippen molar-refractivity contribution in [3.8, 4) is 5.75 Å². The first kappa shape index (κ1) is 23.2. The Bertz CT molecular complexity index is 922. The van der Waals surface area contributed by atoms with Gasteiger partial charge < -0.3 is 14.4 Å². The lowest BCUT2D eigenvalue weighted by Gasteiger charge is -2.13. The van der Waals surface area contributed by atoms with Crippen LogP contribution in [0.15, 0.2) is 47.6 Å². The summed E-state index contributed by atoms with van der Waals surface area (Å²) in [7, 11) is 1.08. The number of methoxy groups -OCH3 is 1. The molecule has 0 saturated carbocycles. The minimum Gasteiger partial charge on any atom is -0.451 e. The van der Waals surface area contributed by atoms with E-state index in [9.17, 15) is 26.7 Å². The van der Waals surface area contributed by atoms with Crippen molar-refractivity contribution in [2.45, 2.75) is 19.2 Å². The lowest BCUT2D eigenvalue weighted by atomic mass is 10.1. The Hall–Kier alpha value is -3.08. The number of hydrogen-bond acceptors (Lipinski definition) is 5. The van der Waals surface area contributed by atoms with E-state index < -0.39 is 36.6 Å². The summed E-state index contributed by atoms with van der Waals surface area (Å²) in [6, 6.07) is 7.94. The van der Waals surface area contributed by atoms with Crippen LogP contribution in [0.3, 0.4) is 0 Å². The van der Waals surface area contributed by atoms with E-state index in [1.165, 1.54) is 24.3 Å². The maximum absolute atomic E-state index is 13.4. The predicted octanol–water partition coefficient (Wildman–Crippen LogP) is 5.19. The van der Waals surface area contributed by atoms with Gasteiger partial charge in [0.05, 0.1) is 17.7 Å². The van der Waals surface area contributed by atoms with E-state index in [1.54, 1.807) is 0 Å². The van der Waals surface area contributed by atoms with E-state index in [0.29, 0.717) is 0 Å². The average Bonchev–Trinajstić information content (AvgIpc) is 2.70. The molecule has 0 fully saturated rings. The van der Waals surface area contributed by atoms with Crippen molar-refractivity contribution < 1.29 is 41.2 Å². The Morgan fingerprint density at radius 3 is 2.53 bits per heavy atom. The number of rotatable bonds is 7. The summed E-state index contributed by atoms with van der Waals surface area (Å²) in [4.78, 5) is 20.7. The molecular formula is C18H14ClF5N2O4. The van der Waals surface area contributed by atoms with Crippen molar-refractivity contribution in [1.29, 1.82) is 0 Å². The van der Waals surface area contributed by atoms with Crippen molar-refractivity contribution in [2.75, 3.05) is 7.11 Å². The van der Waals surface area contributed by atoms with Crippen LogP contribution in [0, 0.1) is 0 Å². The van der Waals surface area contributed by atoms with E-state index in [4.69, 9.17) is 21.3 Å². The van der Waals surface area contributed by atoms with Crippen molar-refractivity contribution in [1.82, 2.24) is 5.48 Å². The lowest BCUT2D eigenvalue weighted by molar-refractivity contribution is -0.138. The summed E-state index contributed by atoms with van der Waals surface area (Å²) in [5.41, 5.74) is -0.448. The minimum absolute atomic E-state index is 0.0243. The lowest BCUT2D eigenvalue weighted by Crippen LogP contribution is -2.26. The number of halogens is 6. The SMILES string of the molecule is COC(=O)NOc1cc(C(=NOCc2ccccc2C(F)(F)F)C(F)F)ccc1Cl. The maximum Gasteiger partial charge on any atom is 0.440 e. The second kappa shape index (κ2) is 10.1. The van der Waals surface area contributed by atoms with Crippen LogP contribution in [0.1, 0.15) is 16.7 Å². The van der Waals surface area contributed by atoms with Crippen LogP contribution in [0.5, 0.6) is 5.75 Å². The molecule has 30 heavy (non-hydrogen) atoms. The number of benzene rings is 2. The molecule has 1 N–H and O–H groups in total. The van der Waals surface area contributed by atoms with E-state index >= 15 is 0 Å². The quantitative estimate of drug-likeness (QED) is 0.356. The van der Waals surface area contributed by atoms with Gasteiger partial charge in [0.1, 0.15) is 6.61 Å². The van der Waals surface area contributed by atoms with E-state index in [1.807, 2.05) is 5.48 Å². The summed E-state index contributed by atoms with van der Waals surface area (Å²) in [6.45, 7) is -0.688. The molecule has 12 heteroatoms. The van der Waals surface area contributed by atoms with Gasteiger partial charge >= 0.3 is 12.3 Å². The molecule has 0 aliphatic heterocycles. The second-order valence-corrected chi connectivity index (χ2v) is 5.95. The first-order valence-electron chi connectivity index (χ1n) is 8.07. The fourth-order valence-corrected chi connectivity index (χ4v) is 2.35. The van der Waals surface area contributed by atoms with Gasteiger partial charge in [-0.1, -0.05) is 41.0 Å². The molecule has 2 aromatic carbocycles. The molecule has 1 amide bonds. The van der Waals surface area contributed by atoms with Gasteiger partial charge in [-0.2, -0.15) is 18.7 Å². The van der Waals surface area contributed by atoms with E-state index in [0.717, 1.165) is 25.3 Å². The first-order chi connectivity index (χ1) is 14.1. The molecule has 0 aliphatic carbocycles. The number of alkyl halides is 5. The molecule has 0 saturated heterocycles. The molecule has 162 valence electrons. The molecule has 0 unspecified atom stereocenters. The zero-order chi connectivity index (χ0) is 22.3. The summed E-state index contributed by atoms with van der Waals surface area (Å²) in [6.07, 6.45) is -8.74. The average molecular weight is 453 g/mol. The van der Waals surface area contributed by atoms with Gasteiger partial charge in [0.15, 0.2) is 11.5 Å². The minimum atomic E-state index is -4.63. The number of oxime groups is 1. The van der Waals surface area contributed by atoms with Crippen LogP contribution < -0.4 is 10.3 Å². The van der Waals surface area contributed by atoms with Crippen LogP contribution >= 0.6 is 11.6 Å². The van der Waals surface area contributed by atoms with E-state index in [-0.39, 0.29) is 21.9 Å². The molecule has 0 bridgehead atoms.